The molecule has 0 aliphatic rings. The Morgan fingerprint density at radius 3 is 2.50 bits per heavy atom. The molecular formula is C16H15NS. The molecule has 0 atom stereocenters. The highest BCUT2D eigenvalue weighted by molar-refractivity contribution is 7.99. The number of aromatic nitrogens is 1. The van der Waals surface area contributed by atoms with E-state index in [1.165, 1.54) is 31.8 Å². The molecule has 0 fully saturated rings. The van der Waals surface area contributed by atoms with Crippen molar-refractivity contribution in [3.8, 4) is 0 Å². The molecule has 0 saturated heterocycles. The van der Waals surface area contributed by atoms with Gasteiger partial charge in [0, 0.05) is 26.9 Å². The van der Waals surface area contributed by atoms with Gasteiger partial charge in [-0.3, -0.25) is 0 Å². The van der Waals surface area contributed by atoms with E-state index in [4.69, 9.17) is 0 Å². The number of benzene rings is 2. The number of rotatable bonds is 2. The molecule has 0 aliphatic carbocycles. The molecule has 0 bridgehead atoms. The zero-order valence-electron chi connectivity index (χ0n) is 10.5. The Hall–Kier alpha value is -1.67. The van der Waals surface area contributed by atoms with Crippen LogP contribution in [0.15, 0.2) is 58.5 Å². The lowest BCUT2D eigenvalue weighted by molar-refractivity contribution is 1.36. The van der Waals surface area contributed by atoms with Gasteiger partial charge in [0.15, 0.2) is 0 Å². The van der Waals surface area contributed by atoms with E-state index in [2.05, 4.69) is 67.5 Å². The molecule has 1 N–H and O–H groups in total. The third kappa shape index (κ3) is 2.04. The molecule has 2 aromatic carbocycles. The van der Waals surface area contributed by atoms with Gasteiger partial charge in [0.2, 0.25) is 0 Å². The molecule has 1 heterocycles. The number of H-pyrrole nitrogens is 1. The van der Waals surface area contributed by atoms with Crippen molar-refractivity contribution in [2.45, 2.75) is 23.6 Å². The van der Waals surface area contributed by atoms with Crippen molar-refractivity contribution in [2.24, 2.45) is 0 Å². The topological polar surface area (TPSA) is 15.8 Å². The molecule has 1 nitrogen and oxygen atoms in total. The SMILES string of the molecule is Cc1ccc(Sc2c[nH]c3cccc(C)c23)cc1. The van der Waals surface area contributed by atoms with Gasteiger partial charge in [-0.15, -0.1) is 0 Å². The molecule has 3 aromatic rings. The highest BCUT2D eigenvalue weighted by Crippen LogP contribution is 2.35. The Morgan fingerprint density at radius 2 is 1.72 bits per heavy atom. The summed E-state index contributed by atoms with van der Waals surface area (Å²) in [4.78, 5) is 5.92. The summed E-state index contributed by atoms with van der Waals surface area (Å²) in [6, 6.07) is 15.0. The normalized spacial score (nSPS) is 11.0. The van der Waals surface area contributed by atoms with Gasteiger partial charge in [-0.05, 0) is 37.6 Å². The molecule has 0 aliphatic heterocycles. The Bertz CT molecular complexity index is 680. The number of aryl methyl sites for hydroxylation is 2. The first-order chi connectivity index (χ1) is 8.74. The fourth-order valence-electron chi connectivity index (χ4n) is 2.14. The third-order valence-electron chi connectivity index (χ3n) is 3.13. The summed E-state index contributed by atoms with van der Waals surface area (Å²) in [7, 11) is 0. The predicted octanol–water partition coefficient (Wildman–Crippen LogP) is 4.94. The summed E-state index contributed by atoms with van der Waals surface area (Å²) in [5.74, 6) is 0. The van der Waals surface area contributed by atoms with Crippen molar-refractivity contribution in [3.63, 3.8) is 0 Å². The van der Waals surface area contributed by atoms with Crippen LogP contribution in [0.2, 0.25) is 0 Å². The van der Waals surface area contributed by atoms with E-state index >= 15 is 0 Å². The summed E-state index contributed by atoms with van der Waals surface area (Å²) in [5, 5.41) is 1.34. The minimum atomic E-state index is 1.21. The zero-order valence-corrected chi connectivity index (χ0v) is 11.3. The quantitative estimate of drug-likeness (QED) is 0.684. The van der Waals surface area contributed by atoms with Crippen molar-refractivity contribution in [1.82, 2.24) is 4.98 Å². The van der Waals surface area contributed by atoms with E-state index < -0.39 is 0 Å². The molecule has 0 radical (unpaired) electrons. The van der Waals surface area contributed by atoms with Crippen molar-refractivity contribution in [3.05, 3.63) is 59.8 Å². The lowest BCUT2D eigenvalue weighted by atomic mass is 10.1. The van der Waals surface area contributed by atoms with Gasteiger partial charge in [-0.1, -0.05) is 41.6 Å². The Morgan fingerprint density at radius 1 is 0.944 bits per heavy atom. The molecule has 2 heteroatoms. The van der Waals surface area contributed by atoms with Crippen molar-refractivity contribution >= 4 is 22.7 Å². The molecule has 0 unspecified atom stereocenters. The smallest absolute Gasteiger partial charge is 0.0468 e. The van der Waals surface area contributed by atoms with Gasteiger partial charge < -0.3 is 4.98 Å². The maximum atomic E-state index is 3.34. The van der Waals surface area contributed by atoms with E-state index in [0.717, 1.165) is 0 Å². The van der Waals surface area contributed by atoms with Crippen LogP contribution in [0.3, 0.4) is 0 Å². The Kier molecular flexibility index (Phi) is 2.88. The van der Waals surface area contributed by atoms with E-state index in [-0.39, 0.29) is 0 Å². The Labute approximate surface area is 111 Å². The summed E-state index contributed by atoms with van der Waals surface area (Å²) in [6.45, 7) is 4.28. The van der Waals surface area contributed by atoms with Gasteiger partial charge in [0.25, 0.3) is 0 Å². The maximum Gasteiger partial charge on any atom is 0.0468 e. The van der Waals surface area contributed by atoms with Crippen LogP contribution in [-0.4, -0.2) is 4.98 Å². The molecule has 0 amide bonds. The minimum Gasteiger partial charge on any atom is -0.360 e. The molecular weight excluding hydrogens is 238 g/mol. The van der Waals surface area contributed by atoms with E-state index in [9.17, 15) is 0 Å². The lowest BCUT2D eigenvalue weighted by Crippen LogP contribution is -1.77. The lowest BCUT2D eigenvalue weighted by Gasteiger charge is -2.02. The van der Waals surface area contributed by atoms with Crippen molar-refractivity contribution in [1.29, 1.82) is 0 Å². The first-order valence-corrected chi connectivity index (χ1v) is 6.87. The number of hydrogen-bond donors (Lipinski definition) is 1. The van der Waals surface area contributed by atoms with E-state index in [1.807, 2.05) is 11.8 Å². The first kappa shape index (κ1) is 11.4. The number of aromatic amines is 1. The molecule has 90 valence electrons. The van der Waals surface area contributed by atoms with Gasteiger partial charge in [0.1, 0.15) is 0 Å². The molecule has 18 heavy (non-hydrogen) atoms. The van der Waals surface area contributed by atoms with Gasteiger partial charge >= 0.3 is 0 Å². The number of fused-ring (bicyclic) bond motifs is 1. The van der Waals surface area contributed by atoms with E-state index in [1.54, 1.807) is 0 Å². The maximum absolute atomic E-state index is 3.34. The van der Waals surface area contributed by atoms with Crippen LogP contribution in [0.4, 0.5) is 0 Å². The molecule has 3 rings (SSSR count). The summed E-state index contributed by atoms with van der Waals surface area (Å²) in [5.41, 5.74) is 3.84. The van der Waals surface area contributed by atoms with Crippen LogP contribution in [0, 0.1) is 13.8 Å². The first-order valence-electron chi connectivity index (χ1n) is 6.05. The van der Waals surface area contributed by atoms with E-state index in [0.29, 0.717) is 0 Å². The third-order valence-corrected chi connectivity index (χ3v) is 4.18. The largest absolute Gasteiger partial charge is 0.360 e. The zero-order chi connectivity index (χ0) is 12.5. The predicted molar refractivity (Wildman–Crippen MR) is 78.3 cm³/mol. The summed E-state index contributed by atoms with van der Waals surface area (Å²) < 4.78 is 0. The highest BCUT2D eigenvalue weighted by Gasteiger charge is 2.07. The average molecular weight is 253 g/mol. The summed E-state index contributed by atoms with van der Waals surface area (Å²) >= 11 is 1.82. The average Bonchev–Trinajstić information content (AvgIpc) is 2.77. The van der Waals surface area contributed by atoms with Crippen LogP contribution < -0.4 is 0 Å². The van der Waals surface area contributed by atoms with Crippen LogP contribution in [0.25, 0.3) is 10.9 Å². The standard InChI is InChI=1S/C16H15NS/c1-11-6-8-13(9-7-11)18-15-10-17-14-5-3-4-12(2)16(14)15/h3-10,17H,1-2H3. The Balaban J connectivity index is 2.02. The van der Waals surface area contributed by atoms with Crippen molar-refractivity contribution < 1.29 is 0 Å². The minimum absolute atomic E-state index is 1.21. The molecule has 0 saturated carbocycles. The molecule has 0 spiro atoms. The number of nitrogens with one attached hydrogen (secondary N) is 1. The van der Waals surface area contributed by atoms with Crippen LogP contribution in [0.5, 0.6) is 0 Å². The van der Waals surface area contributed by atoms with Crippen LogP contribution >= 0.6 is 11.8 Å². The fraction of sp³-hybridized carbons (Fsp3) is 0.125. The van der Waals surface area contributed by atoms with Gasteiger partial charge in [0.05, 0.1) is 0 Å². The second-order valence-corrected chi connectivity index (χ2v) is 5.68. The van der Waals surface area contributed by atoms with Crippen LogP contribution in [0.1, 0.15) is 11.1 Å². The second kappa shape index (κ2) is 4.54. The van der Waals surface area contributed by atoms with Gasteiger partial charge in [-0.25, -0.2) is 0 Å². The van der Waals surface area contributed by atoms with Crippen molar-refractivity contribution in [2.75, 3.05) is 0 Å². The molecule has 1 aromatic heterocycles. The highest BCUT2D eigenvalue weighted by atomic mass is 32.2. The monoisotopic (exact) mass is 253 g/mol. The van der Waals surface area contributed by atoms with Gasteiger partial charge in [-0.2, -0.15) is 0 Å². The number of hydrogen-bond acceptors (Lipinski definition) is 1. The summed E-state index contributed by atoms with van der Waals surface area (Å²) in [6.07, 6.45) is 2.10. The van der Waals surface area contributed by atoms with Crippen LogP contribution in [-0.2, 0) is 0 Å². The second-order valence-electron chi connectivity index (χ2n) is 4.57. The fourth-order valence-corrected chi connectivity index (χ4v) is 3.16.